The first-order valence-electron chi connectivity index (χ1n) is 10.2. The maximum absolute atomic E-state index is 13.5. The van der Waals surface area contributed by atoms with Crippen LogP contribution in [0.4, 0.5) is 10.1 Å². The molecule has 8 nitrogen and oxygen atoms in total. The van der Waals surface area contributed by atoms with Gasteiger partial charge in [0.2, 0.25) is 10.0 Å². The van der Waals surface area contributed by atoms with E-state index in [4.69, 9.17) is 9.47 Å². The van der Waals surface area contributed by atoms with Gasteiger partial charge in [-0.25, -0.2) is 18.2 Å². The first-order chi connectivity index (χ1) is 16.3. The molecule has 1 amide bonds. The van der Waals surface area contributed by atoms with Crippen LogP contribution in [0.1, 0.15) is 11.1 Å². The van der Waals surface area contributed by atoms with Gasteiger partial charge in [0, 0.05) is 0 Å². The number of hydrazone groups is 1. The van der Waals surface area contributed by atoms with Gasteiger partial charge in [0.1, 0.15) is 19.0 Å². The van der Waals surface area contributed by atoms with Gasteiger partial charge in [0.15, 0.2) is 11.5 Å². The Kier molecular flexibility index (Phi) is 8.20. The topological polar surface area (TPSA) is 97.3 Å². The van der Waals surface area contributed by atoms with E-state index in [2.05, 4.69) is 10.5 Å². The van der Waals surface area contributed by atoms with Crippen molar-refractivity contribution in [3.05, 3.63) is 89.7 Å². The van der Waals surface area contributed by atoms with E-state index in [1.54, 1.807) is 18.2 Å². The zero-order chi connectivity index (χ0) is 24.6. The highest BCUT2D eigenvalue weighted by Crippen LogP contribution is 2.28. The molecule has 0 unspecified atom stereocenters. The summed E-state index contributed by atoms with van der Waals surface area (Å²) in [5.74, 6) is -0.276. The molecular formula is C24H24FN3O5S. The highest BCUT2D eigenvalue weighted by molar-refractivity contribution is 7.92. The van der Waals surface area contributed by atoms with E-state index in [1.165, 1.54) is 31.5 Å². The second-order valence-corrected chi connectivity index (χ2v) is 9.13. The second kappa shape index (κ2) is 11.3. The maximum atomic E-state index is 13.5. The van der Waals surface area contributed by atoms with Crippen LogP contribution >= 0.6 is 0 Å². The molecule has 0 fully saturated rings. The van der Waals surface area contributed by atoms with Crippen molar-refractivity contribution < 1.29 is 27.1 Å². The van der Waals surface area contributed by atoms with Crippen LogP contribution in [0.25, 0.3) is 0 Å². The van der Waals surface area contributed by atoms with Gasteiger partial charge in [-0.1, -0.05) is 36.4 Å². The van der Waals surface area contributed by atoms with E-state index in [9.17, 15) is 17.6 Å². The molecule has 34 heavy (non-hydrogen) atoms. The zero-order valence-corrected chi connectivity index (χ0v) is 19.5. The number of amides is 1. The summed E-state index contributed by atoms with van der Waals surface area (Å²) in [6, 6.07) is 19.8. The predicted molar refractivity (Wildman–Crippen MR) is 128 cm³/mol. The van der Waals surface area contributed by atoms with E-state index in [-0.39, 0.29) is 5.69 Å². The maximum Gasteiger partial charge on any atom is 0.260 e. The Morgan fingerprint density at radius 1 is 1.06 bits per heavy atom. The largest absolute Gasteiger partial charge is 0.493 e. The SMILES string of the molecule is COc1cc(/C=N\NC(=O)CN(c2cccc(F)c2)S(C)(=O)=O)ccc1OCc1ccccc1. The summed E-state index contributed by atoms with van der Waals surface area (Å²) in [7, 11) is -2.31. The molecule has 0 bridgehead atoms. The van der Waals surface area contributed by atoms with Gasteiger partial charge in [-0.15, -0.1) is 0 Å². The Labute approximate surface area is 197 Å². The van der Waals surface area contributed by atoms with Crippen molar-refractivity contribution in [2.45, 2.75) is 6.61 Å². The molecule has 3 aromatic rings. The third-order valence-electron chi connectivity index (χ3n) is 4.61. The number of nitrogens with zero attached hydrogens (tertiary/aromatic N) is 2. The van der Waals surface area contributed by atoms with Crippen LogP contribution in [0.5, 0.6) is 11.5 Å². The number of sulfonamides is 1. The first kappa shape index (κ1) is 24.7. The summed E-state index contributed by atoms with van der Waals surface area (Å²) in [4.78, 5) is 12.3. The Morgan fingerprint density at radius 3 is 2.50 bits per heavy atom. The summed E-state index contributed by atoms with van der Waals surface area (Å²) in [5.41, 5.74) is 3.95. The van der Waals surface area contributed by atoms with Gasteiger partial charge < -0.3 is 9.47 Å². The lowest BCUT2D eigenvalue weighted by molar-refractivity contribution is -0.119. The summed E-state index contributed by atoms with van der Waals surface area (Å²) < 4.78 is 49.6. The van der Waals surface area contributed by atoms with Crippen molar-refractivity contribution in [3.8, 4) is 11.5 Å². The molecule has 0 saturated carbocycles. The molecule has 178 valence electrons. The fraction of sp³-hybridized carbons (Fsp3) is 0.167. The van der Waals surface area contributed by atoms with Gasteiger partial charge >= 0.3 is 0 Å². The highest BCUT2D eigenvalue weighted by Gasteiger charge is 2.21. The van der Waals surface area contributed by atoms with Gasteiger partial charge in [-0.3, -0.25) is 9.10 Å². The molecule has 0 spiro atoms. The number of anilines is 1. The molecule has 0 atom stereocenters. The predicted octanol–water partition coefficient (Wildman–Crippen LogP) is 3.33. The lowest BCUT2D eigenvalue weighted by Crippen LogP contribution is -2.39. The standard InChI is InChI=1S/C24H24FN3O5S/c1-32-23-13-19(11-12-22(23)33-17-18-7-4-3-5-8-18)15-26-27-24(29)16-28(34(2,30)31)21-10-6-9-20(25)14-21/h3-15H,16-17H2,1-2H3,(H,27,29)/b26-15-. The number of rotatable bonds is 10. The van der Waals surface area contributed by atoms with E-state index in [0.29, 0.717) is 23.7 Å². The number of benzene rings is 3. The van der Waals surface area contributed by atoms with Crippen LogP contribution < -0.4 is 19.2 Å². The summed E-state index contributed by atoms with van der Waals surface area (Å²) in [6.07, 6.45) is 2.32. The van der Waals surface area contributed by atoms with E-state index in [0.717, 1.165) is 22.2 Å². The van der Waals surface area contributed by atoms with Crippen molar-refractivity contribution in [2.75, 3.05) is 24.2 Å². The lowest BCUT2D eigenvalue weighted by atomic mass is 10.2. The molecule has 0 saturated heterocycles. The van der Waals surface area contributed by atoms with E-state index < -0.39 is 28.3 Å². The van der Waals surface area contributed by atoms with Crippen LogP contribution in [0.2, 0.25) is 0 Å². The molecule has 3 aromatic carbocycles. The molecule has 0 aliphatic carbocycles. The minimum Gasteiger partial charge on any atom is -0.493 e. The number of nitrogens with one attached hydrogen (secondary N) is 1. The van der Waals surface area contributed by atoms with Crippen LogP contribution in [0.15, 0.2) is 77.9 Å². The van der Waals surface area contributed by atoms with Crippen molar-refractivity contribution in [2.24, 2.45) is 5.10 Å². The summed E-state index contributed by atoms with van der Waals surface area (Å²) >= 11 is 0. The monoisotopic (exact) mass is 485 g/mol. The molecule has 0 radical (unpaired) electrons. The number of carbonyl (C=O) groups is 1. The number of carbonyl (C=O) groups excluding carboxylic acids is 1. The quantitative estimate of drug-likeness (QED) is 0.351. The molecule has 0 aliphatic heterocycles. The Hall–Kier alpha value is -3.92. The minimum absolute atomic E-state index is 0.0393. The van der Waals surface area contributed by atoms with Gasteiger partial charge in [0.25, 0.3) is 5.91 Å². The number of halogens is 1. The zero-order valence-electron chi connectivity index (χ0n) is 18.6. The fourth-order valence-electron chi connectivity index (χ4n) is 2.99. The third-order valence-corrected chi connectivity index (χ3v) is 5.75. The lowest BCUT2D eigenvalue weighted by Gasteiger charge is -2.21. The van der Waals surface area contributed by atoms with Crippen molar-refractivity contribution >= 4 is 27.8 Å². The number of methoxy groups -OCH3 is 1. The Morgan fingerprint density at radius 2 is 1.82 bits per heavy atom. The highest BCUT2D eigenvalue weighted by atomic mass is 32.2. The van der Waals surface area contributed by atoms with E-state index >= 15 is 0 Å². The van der Waals surface area contributed by atoms with Gasteiger partial charge in [-0.2, -0.15) is 5.10 Å². The first-order valence-corrected chi connectivity index (χ1v) is 12.0. The normalized spacial score (nSPS) is 11.3. The van der Waals surface area contributed by atoms with Crippen LogP contribution in [-0.2, 0) is 21.4 Å². The number of ether oxygens (including phenoxy) is 2. The second-order valence-electron chi connectivity index (χ2n) is 7.23. The van der Waals surface area contributed by atoms with Gasteiger partial charge in [0.05, 0.1) is 25.3 Å². The van der Waals surface area contributed by atoms with Crippen LogP contribution in [0.3, 0.4) is 0 Å². The van der Waals surface area contributed by atoms with Crippen molar-refractivity contribution in [3.63, 3.8) is 0 Å². The fourth-order valence-corrected chi connectivity index (χ4v) is 3.84. The molecule has 3 rings (SSSR count). The van der Waals surface area contributed by atoms with Crippen LogP contribution in [-0.4, -0.2) is 40.4 Å². The van der Waals surface area contributed by atoms with Crippen LogP contribution in [0, 0.1) is 5.82 Å². The van der Waals surface area contributed by atoms with Crippen molar-refractivity contribution in [1.29, 1.82) is 0 Å². The molecule has 10 heteroatoms. The summed E-state index contributed by atoms with van der Waals surface area (Å²) in [6.45, 7) is -0.182. The van der Waals surface area contributed by atoms with Gasteiger partial charge in [-0.05, 0) is 47.5 Å². The Balaban J connectivity index is 1.62. The molecular weight excluding hydrogens is 461 g/mol. The van der Waals surface area contributed by atoms with E-state index in [1.807, 2.05) is 30.3 Å². The average Bonchev–Trinajstić information content (AvgIpc) is 2.81. The van der Waals surface area contributed by atoms with Crippen molar-refractivity contribution in [1.82, 2.24) is 5.43 Å². The number of hydrogen-bond donors (Lipinski definition) is 1. The molecule has 0 heterocycles. The Bertz CT molecular complexity index is 1270. The third kappa shape index (κ3) is 7.04. The smallest absolute Gasteiger partial charge is 0.260 e. The molecule has 1 N–H and O–H groups in total. The number of hydrogen-bond acceptors (Lipinski definition) is 6. The molecule has 0 aromatic heterocycles. The molecule has 0 aliphatic rings. The summed E-state index contributed by atoms with van der Waals surface area (Å²) in [5, 5.41) is 3.87. The average molecular weight is 486 g/mol. The minimum atomic E-state index is -3.82.